The monoisotopic (exact) mass is 406 g/mol. The summed E-state index contributed by atoms with van der Waals surface area (Å²) in [6.45, 7) is 2.65. The maximum atomic E-state index is 13.3. The molecular weight excluding hydrogens is 389 g/mol. The molecule has 1 heterocycles. The zero-order valence-corrected chi connectivity index (χ0v) is 15.5. The van der Waals surface area contributed by atoms with E-state index in [2.05, 4.69) is 4.74 Å². The van der Waals surface area contributed by atoms with Crippen LogP contribution in [0.5, 0.6) is 0 Å². The third kappa shape index (κ3) is 3.38. The van der Waals surface area contributed by atoms with Crippen LogP contribution in [0.1, 0.15) is 25.5 Å². The summed E-state index contributed by atoms with van der Waals surface area (Å²) >= 11 is 0. The van der Waals surface area contributed by atoms with Gasteiger partial charge in [-0.3, -0.25) is 4.90 Å². The number of amides is 2. The van der Waals surface area contributed by atoms with E-state index in [9.17, 15) is 31.2 Å². The lowest BCUT2D eigenvalue weighted by Gasteiger charge is -2.41. The molecule has 1 atom stereocenters. The molecule has 1 unspecified atom stereocenters. The number of hydrogen-bond acceptors (Lipinski definition) is 5. The van der Waals surface area contributed by atoms with Crippen molar-refractivity contribution in [2.75, 3.05) is 13.7 Å². The van der Waals surface area contributed by atoms with Crippen LogP contribution in [0.25, 0.3) is 0 Å². The number of hydrogen-bond donors (Lipinski definition) is 0. The molecule has 0 aromatic heterocycles. The molecule has 1 aromatic carbocycles. The first-order chi connectivity index (χ1) is 12.5. The van der Waals surface area contributed by atoms with Crippen LogP contribution in [0.15, 0.2) is 41.6 Å². The maximum absolute atomic E-state index is 13.3. The fraction of sp³-hybridized carbons (Fsp3) is 0.375. The third-order valence-electron chi connectivity index (χ3n) is 4.11. The van der Waals surface area contributed by atoms with Gasteiger partial charge in [-0.15, -0.1) is 0 Å². The lowest BCUT2D eigenvalue weighted by Crippen LogP contribution is -2.55. The summed E-state index contributed by atoms with van der Waals surface area (Å²) in [6, 6.07) is 3.92. The number of urea groups is 1. The Balaban J connectivity index is 2.88. The van der Waals surface area contributed by atoms with Gasteiger partial charge in [0, 0.05) is 12.2 Å². The summed E-state index contributed by atoms with van der Waals surface area (Å²) in [4.78, 5) is 25.8. The molecule has 2 amide bonds. The molecule has 0 spiro atoms. The number of esters is 1. The molecule has 1 aliphatic rings. The second-order valence-corrected chi connectivity index (χ2v) is 7.38. The van der Waals surface area contributed by atoms with E-state index >= 15 is 0 Å². The van der Waals surface area contributed by atoms with Crippen LogP contribution in [0, 0.1) is 0 Å². The number of rotatable bonds is 4. The molecule has 0 saturated heterocycles. The molecule has 0 saturated carbocycles. The topological polar surface area (TPSA) is 84.0 Å². The van der Waals surface area contributed by atoms with Gasteiger partial charge in [-0.05, 0) is 19.4 Å². The van der Waals surface area contributed by atoms with Crippen LogP contribution in [-0.4, -0.2) is 48.8 Å². The SMILES string of the molecule is CCN1C(=O)N(S(=O)(=O)C(F)(F)F)C(c2ccccc2)C(C(=O)OC)=C1C. The quantitative estimate of drug-likeness (QED) is 0.718. The largest absolute Gasteiger partial charge is 0.516 e. The van der Waals surface area contributed by atoms with Gasteiger partial charge in [-0.25, -0.2) is 13.9 Å². The Kier molecular flexibility index (Phi) is 5.55. The molecule has 7 nitrogen and oxygen atoms in total. The zero-order valence-electron chi connectivity index (χ0n) is 14.6. The van der Waals surface area contributed by atoms with E-state index in [1.54, 1.807) is 6.07 Å². The average molecular weight is 406 g/mol. The molecule has 0 fully saturated rings. The minimum Gasteiger partial charge on any atom is -0.466 e. The van der Waals surface area contributed by atoms with Crippen molar-refractivity contribution in [2.24, 2.45) is 0 Å². The molecule has 0 bridgehead atoms. The number of benzene rings is 1. The van der Waals surface area contributed by atoms with Gasteiger partial charge >= 0.3 is 27.5 Å². The van der Waals surface area contributed by atoms with Crippen LogP contribution >= 0.6 is 0 Å². The number of ether oxygens (including phenoxy) is 1. The van der Waals surface area contributed by atoms with E-state index in [4.69, 9.17) is 0 Å². The number of halogens is 3. The van der Waals surface area contributed by atoms with Gasteiger partial charge < -0.3 is 4.74 Å². The van der Waals surface area contributed by atoms with Gasteiger partial charge in [0.15, 0.2) is 0 Å². The first kappa shape index (κ1) is 20.7. The predicted octanol–water partition coefficient (Wildman–Crippen LogP) is 2.78. The molecule has 0 radical (unpaired) electrons. The summed E-state index contributed by atoms with van der Waals surface area (Å²) in [5.74, 6) is -1.03. The fourth-order valence-electron chi connectivity index (χ4n) is 2.87. The Morgan fingerprint density at radius 3 is 2.22 bits per heavy atom. The third-order valence-corrected chi connectivity index (χ3v) is 5.58. The van der Waals surface area contributed by atoms with Gasteiger partial charge in [-0.1, -0.05) is 30.3 Å². The van der Waals surface area contributed by atoms with Gasteiger partial charge in [0.2, 0.25) is 0 Å². The lowest BCUT2D eigenvalue weighted by molar-refractivity contribution is -0.137. The molecule has 27 heavy (non-hydrogen) atoms. The fourth-order valence-corrected chi connectivity index (χ4v) is 3.90. The summed E-state index contributed by atoms with van der Waals surface area (Å²) < 4.78 is 68.6. The highest BCUT2D eigenvalue weighted by molar-refractivity contribution is 7.90. The Bertz CT molecular complexity index is 881. The van der Waals surface area contributed by atoms with E-state index < -0.39 is 33.6 Å². The van der Waals surface area contributed by atoms with E-state index in [0.29, 0.717) is 0 Å². The normalized spacial score (nSPS) is 18.7. The van der Waals surface area contributed by atoms with E-state index in [-0.39, 0.29) is 27.7 Å². The highest BCUT2D eigenvalue weighted by Crippen LogP contribution is 2.42. The summed E-state index contributed by atoms with van der Waals surface area (Å²) in [5, 5.41) is 0. The molecule has 2 rings (SSSR count). The number of nitrogens with zero attached hydrogens (tertiary/aromatic N) is 2. The minimum absolute atomic E-state index is 0.0224. The number of carbonyl (C=O) groups excluding carboxylic acids is 2. The van der Waals surface area contributed by atoms with Crippen LogP contribution in [0.2, 0.25) is 0 Å². The number of allylic oxidation sites excluding steroid dienone is 1. The van der Waals surface area contributed by atoms with Gasteiger partial charge in [0.25, 0.3) is 0 Å². The summed E-state index contributed by atoms with van der Waals surface area (Å²) in [7, 11) is -5.07. The van der Waals surface area contributed by atoms with Gasteiger partial charge in [-0.2, -0.15) is 21.6 Å². The van der Waals surface area contributed by atoms with Crippen LogP contribution in [-0.2, 0) is 19.6 Å². The molecule has 1 aliphatic heterocycles. The van der Waals surface area contributed by atoms with Gasteiger partial charge in [0.1, 0.15) is 6.04 Å². The molecule has 148 valence electrons. The van der Waals surface area contributed by atoms with Crippen molar-refractivity contribution >= 4 is 22.0 Å². The minimum atomic E-state index is -6.09. The van der Waals surface area contributed by atoms with Crippen molar-refractivity contribution in [3.05, 3.63) is 47.2 Å². The molecule has 11 heteroatoms. The van der Waals surface area contributed by atoms with E-state index in [1.807, 2.05) is 0 Å². The van der Waals surface area contributed by atoms with Crippen molar-refractivity contribution in [3.8, 4) is 0 Å². The lowest BCUT2D eigenvalue weighted by atomic mass is 9.95. The van der Waals surface area contributed by atoms with Crippen molar-refractivity contribution in [1.29, 1.82) is 0 Å². The second kappa shape index (κ2) is 7.22. The van der Waals surface area contributed by atoms with Crippen LogP contribution in [0.4, 0.5) is 18.0 Å². The number of alkyl halides is 3. The van der Waals surface area contributed by atoms with Crippen molar-refractivity contribution in [3.63, 3.8) is 0 Å². The standard InChI is InChI=1S/C16H17F3N2O5S/c1-4-20-10(2)12(14(22)26-3)13(11-8-6-5-7-9-11)21(15(20)23)27(24,25)16(17,18)19/h5-9,13H,4H2,1-3H3. The first-order valence-corrected chi connectivity index (χ1v) is 9.19. The number of methoxy groups -OCH3 is 1. The molecular formula is C16H17F3N2O5S. The van der Waals surface area contributed by atoms with Crippen molar-refractivity contribution in [2.45, 2.75) is 25.4 Å². The highest BCUT2D eigenvalue weighted by Gasteiger charge is 2.58. The van der Waals surface area contributed by atoms with Crippen molar-refractivity contribution < 1.29 is 35.9 Å². The second-order valence-electron chi connectivity index (χ2n) is 5.58. The summed E-state index contributed by atoms with van der Waals surface area (Å²) in [6.07, 6.45) is 0. The Morgan fingerprint density at radius 2 is 1.78 bits per heavy atom. The Hall–Kier alpha value is -2.56. The van der Waals surface area contributed by atoms with Crippen LogP contribution in [0.3, 0.4) is 0 Å². The Morgan fingerprint density at radius 1 is 1.22 bits per heavy atom. The average Bonchev–Trinajstić information content (AvgIpc) is 2.60. The van der Waals surface area contributed by atoms with E-state index in [0.717, 1.165) is 12.0 Å². The smallest absolute Gasteiger partial charge is 0.466 e. The van der Waals surface area contributed by atoms with Crippen molar-refractivity contribution in [1.82, 2.24) is 9.21 Å². The first-order valence-electron chi connectivity index (χ1n) is 7.75. The predicted molar refractivity (Wildman–Crippen MR) is 88.5 cm³/mol. The number of sulfonamides is 1. The maximum Gasteiger partial charge on any atom is 0.516 e. The van der Waals surface area contributed by atoms with E-state index in [1.165, 1.54) is 38.1 Å². The molecule has 0 N–H and O–H groups in total. The summed E-state index contributed by atoms with van der Waals surface area (Å²) in [5.41, 5.74) is -6.05. The molecule has 0 aliphatic carbocycles. The van der Waals surface area contributed by atoms with Gasteiger partial charge in [0.05, 0.1) is 12.7 Å². The van der Waals surface area contributed by atoms with Crippen LogP contribution < -0.4 is 0 Å². The molecule has 1 aromatic rings. The Labute approximate surface area is 154 Å². The highest BCUT2D eigenvalue weighted by atomic mass is 32.2. The zero-order chi connectivity index (χ0) is 20.6. The number of carbonyl (C=O) groups is 2.